The molecule has 0 atom stereocenters. The van der Waals surface area contributed by atoms with Crippen molar-refractivity contribution in [3.63, 3.8) is 0 Å². The molecule has 1 saturated heterocycles. The molecule has 7 heteroatoms. The van der Waals surface area contributed by atoms with E-state index < -0.39 is 0 Å². The van der Waals surface area contributed by atoms with Gasteiger partial charge in [-0.2, -0.15) is 0 Å². The monoisotopic (exact) mass is 399 g/mol. The van der Waals surface area contributed by atoms with Gasteiger partial charge in [-0.1, -0.05) is 12.1 Å². The summed E-state index contributed by atoms with van der Waals surface area (Å²) in [4.78, 5) is 26.3. The highest BCUT2D eigenvalue weighted by Crippen LogP contribution is 2.24. The van der Waals surface area contributed by atoms with Gasteiger partial charge in [0.15, 0.2) is 0 Å². The number of piperidine rings is 1. The van der Waals surface area contributed by atoms with Gasteiger partial charge in [0.2, 0.25) is 5.91 Å². The summed E-state index contributed by atoms with van der Waals surface area (Å²) in [5, 5.41) is 3.00. The van der Waals surface area contributed by atoms with Gasteiger partial charge >= 0.3 is 5.97 Å². The van der Waals surface area contributed by atoms with Crippen LogP contribution in [0.2, 0.25) is 0 Å². The molecule has 1 amide bonds. The van der Waals surface area contributed by atoms with E-state index >= 15 is 0 Å². The van der Waals surface area contributed by atoms with Crippen molar-refractivity contribution in [1.82, 2.24) is 14.8 Å². The number of nitrogens with zero attached hydrogens (tertiary/aromatic N) is 2. The molecule has 1 aliphatic heterocycles. The number of nitrogens with one attached hydrogen (secondary N) is 1. The Bertz CT molecular complexity index is 808. The molecule has 29 heavy (non-hydrogen) atoms. The van der Waals surface area contributed by atoms with Gasteiger partial charge in [0, 0.05) is 31.9 Å². The van der Waals surface area contributed by atoms with Crippen molar-refractivity contribution in [2.75, 3.05) is 40.4 Å². The predicted molar refractivity (Wildman–Crippen MR) is 110 cm³/mol. The van der Waals surface area contributed by atoms with Gasteiger partial charge in [-0.05, 0) is 49.1 Å². The zero-order valence-electron chi connectivity index (χ0n) is 17.1. The summed E-state index contributed by atoms with van der Waals surface area (Å²) in [6, 6.07) is 11.8. The molecule has 0 aliphatic carbocycles. The Morgan fingerprint density at radius 3 is 2.48 bits per heavy atom. The molecule has 0 saturated carbocycles. The molecular formula is C22H29N3O4. The van der Waals surface area contributed by atoms with Gasteiger partial charge < -0.3 is 19.4 Å². The number of hydrogen-bond acceptors (Lipinski definition) is 5. The molecule has 2 heterocycles. The third kappa shape index (κ3) is 5.60. The van der Waals surface area contributed by atoms with E-state index in [2.05, 4.69) is 10.2 Å². The van der Waals surface area contributed by atoms with Crippen LogP contribution in [-0.2, 0) is 16.0 Å². The number of hydrogen-bond donors (Lipinski definition) is 1. The molecule has 1 fully saturated rings. The average Bonchev–Trinajstić information content (AvgIpc) is 3.24. The van der Waals surface area contributed by atoms with E-state index in [4.69, 9.17) is 9.47 Å². The van der Waals surface area contributed by atoms with Crippen molar-refractivity contribution in [1.29, 1.82) is 0 Å². The van der Waals surface area contributed by atoms with Crippen molar-refractivity contribution in [3.8, 4) is 5.75 Å². The van der Waals surface area contributed by atoms with Crippen molar-refractivity contribution in [2.45, 2.75) is 25.3 Å². The Morgan fingerprint density at radius 2 is 1.83 bits per heavy atom. The van der Waals surface area contributed by atoms with Crippen LogP contribution in [0.15, 0.2) is 42.6 Å². The van der Waals surface area contributed by atoms with Crippen LogP contribution in [0.1, 0.15) is 34.9 Å². The van der Waals surface area contributed by atoms with E-state index in [9.17, 15) is 9.59 Å². The van der Waals surface area contributed by atoms with Crippen LogP contribution in [0.25, 0.3) is 0 Å². The standard InChI is InChI=1S/C22H29N3O4/c1-28-19-7-5-17(6-8-19)9-12-23-21(26)16-24-14-10-18(11-15-24)25-13-3-4-20(25)22(27)29-2/h3-8,13,18H,9-12,14-16H2,1-2H3,(H,23,26). The van der Waals surface area contributed by atoms with E-state index in [1.165, 1.54) is 12.7 Å². The quantitative estimate of drug-likeness (QED) is 0.690. The minimum absolute atomic E-state index is 0.0492. The smallest absolute Gasteiger partial charge is 0.354 e. The molecule has 3 rings (SSSR count). The molecule has 2 aromatic rings. The highest BCUT2D eigenvalue weighted by molar-refractivity contribution is 5.87. The van der Waals surface area contributed by atoms with E-state index in [0.717, 1.165) is 38.1 Å². The van der Waals surface area contributed by atoms with Crippen LogP contribution < -0.4 is 10.1 Å². The number of benzene rings is 1. The number of carbonyl (C=O) groups is 2. The first-order valence-corrected chi connectivity index (χ1v) is 9.98. The third-order valence-electron chi connectivity index (χ3n) is 5.39. The molecule has 156 valence electrons. The zero-order chi connectivity index (χ0) is 20.6. The van der Waals surface area contributed by atoms with Crippen LogP contribution in [-0.4, -0.2) is 61.7 Å². The number of aromatic nitrogens is 1. The molecule has 0 unspecified atom stereocenters. The first kappa shape index (κ1) is 20.9. The molecule has 1 N–H and O–H groups in total. The normalized spacial score (nSPS) is 15.1. The van der Waals surface area contributed by atoms with Gasteiger partial charge in [-0.15, -0.1) is 0 Å². The van der Waals surface area contributed by atoms with Crippen LogP contribution in [0, 0.1) is 0 Å². The van der Waals surface area contributed by atoms with Crippen molar-refractivity contribution in [3.05, 3.63) is 53.9 Å². The van der Waals surface area contributed by atoms with Gasteiger partial charge in [-0.25, -0.2) is 4.79 Å². The second-order valence-electron chi connectivity index (χ2n) is 7.25. The third-order valence-corrected chi connectivity index (χ3v) is 5.39. The Hall–Kier alpha value is -2.80. The first-order chi connectivity index (χ1) is 14.1. The second kappa shape index (κ2) is 10.1. The Labute approximate surface area is 171 Å². The van der Waals surface area contributed by atoms with Gasteiger partial charge in [0.1, 0.15) is 11.4 Å². The zero-order valence-corrected chi connectivity index (χ0v) is 17.1. The highest BCUT2D eigenvalue weighted by atomic mass is 16.5. The summed E-state index contributed by atoms with van der Waals surface area (Å²) in [7, 11) is 3.05. The van der Waals surface area contributed by atoms with E-state index in [1.807, 2.05) is 41.1 Å². The van der Waals surface area contributed by atoms with E-state index in [1.54, 1.807) is 13.2 Å². The minimum Gasteiger partial charge on any atom is -0.497 e. The maximum atomic E-state index is 12.3. The highest BCUT2D eigenvalue weighted by Gasteiger charge is 2.24. The largest absolute Gasteiger partial charge is 0.497 e. The fourth-order valence-corrected chi connectivity index (χ4v) is 3.74. The van der Waals surface area contributed by atoms with Crippen molar-refractivity contribution >= 4 is 11.9 Å². The SMILES string of the molecule is COC(=O)c1cccn1C1CCN(CC(=O)NCCc2ccc(OC)cc2)CC1. The van der Waals surface area contributed by atoms with Gasteiger partial charge in [0.25, 0.3) is 0 Å². The van der Waals surface area contributed by atoms with Gasteiger partial charge in [0.05, 0.1) is 20.8 Å². The first-order valence-electron chi connectivity index (χ1n) is 9.98. The number of rotatable bonds is 8. The van der Waals surface area contributed by atoms with Crippen molar-refractivity contribution < 1.29 is 19.1 Å². The summed E-state index contributed by atoms with van der Waals surface area (Å²) in [5.41, 5.74) is 1.75. The molecular weight excluding hydrogens is 370 g/mol. The molecule has 0 bridgehead atoms. The number of amides is 1. The fourth-order valence-electron chi connectivity index (χ4n) is 3.74. The summed E-state index contributed by atoms with van der Waals surface area (Å²) in [6.45, 7) is 2.68. The maximum absolute atomic E-state index is 12.3. The number of esters is 1. The maximum Gasteiger partial charge on any atom is 0.354 e. The Balaban J connectivity index is 1.39. The summed E-state index contributed by atoms with van der Waals surface area (Å²) >= 11 is 0. The van der Waals surface area contributed by atoms with Crippen molar-refractivity contribution in [2.24, 2.45) is 0 Å². The van der Waals surface area contributed by atoms with E-state index in [-0.39, 0.29) is 17.9 Å². The average molecular weight is 399 g/mol. The summed E-state index contributed by atoms with van der Waals surface area (Å²) < 4.78 is 12.0. The number of carbonyl (C=O) groups excluding carboxylic acids is 2. The number of likely N-dealkylation sites (tertiary alicyclic amines) is 1. The van der Waals surface area contributed by atoms with Crippen LogP contribution >= 0.6 is 0 Å². The number of methoxy groups -OCH3 is 2. The molecule has 1 aromatic carbocycles. The van der Waals surface area contributed by atoms with Gasteiger partial charge in [-0.3, -0.25) is 9.69 Å². The van der Waals surface area contributed by atoms with Crippen LogP contribution in [0.5, 0.6) is 5.75 Å². The number of ether oxygens (including phenoxy) is 2. The predicted octanol–water partition coefficient (Wildman–Crippen LogP) is 2.28. The molecule has 1 aliphatic rings. The van der Waals surface area contributed by atoms with Crippen LogP contribution in [0.3, 0.4) is 0 Å². The lowest BCUT2D eigenvalue weighted by Gasteiger charge is -2.32. The topological polar surface area (TPSA) is 72.8 Å². The molecule has 1 aromatic heterocycles. The van der Waals surface area contributed by atoms with E-state index in [0.29, 0.717) is 18.8 Å². The molecule has 0 spiro atoms. The molecule has 7 nitrogen and oxygen atoms in total. The lowest BCUT2D eigenvalue weighted by atomic mass is 10.0. The Kier molecular flexibility index (Phi) is 7.30. The summed E-state index contributed by atoms with van der Waals surface area (Å²) in [6.07, 6.45) is 4.52. The lowest BCUT2D eigenvalue weighted by molar-refractivity contribution is -0.122. The second-order valence-corrected chi connectivity index (χ2v) is 7.25. The minimum atomic E-state index is -0.311. The summed E-state index contributed by atoms with van der Waals surface area (Å²) in [5.74, 6) is 0.571. The molecule has 0 radical (unpaired) electrons. The van der Waals surface area contributed by atoms with Crippen LogP contribution in [0.4, 0.5) is 0 Å². The fraction of sp³-hybridized carbons (Fsp3) is 0.455. The Morgan fingerprint density at radius 1 is 1.10 bits per heavy atom. The lowest BCUT2D eigenvalue weighted by Crippen LogP contribution is -2.42.